The molecular formula is C14H16N2. The van der Waals surface area contributed by atoms with E-state index in [4.69, 9.17) is 0 Å². The predicted molar refractivity (Wildman–Crippen MR) is 69.3 cm³/mol. The number of nitrogens with one attached hydrogen (secondary N) is 1. The molecule has 1 N–H and O–H groups in total. The molecule has 0 saturated heterocycles. The minimum absolute atomic E-state index is 0.918. The van der Waals surface area contributed by atoms with Crippen LogP contribution >= 0.6 is 0 Å². The van der Waals surface area contributed by atoms with Crippen LogP contribution in [0.3, 0.4) is 0 Å². The fourth-order valence-electron chi connectivity index (χ4n) is 1.62. The van der Waals surface area contributed by atoms with Gasteiger partial charge in [0.1, 0.15) is 0 Å². The molecule has 0 aliphatic carbocycles. The van der Waals surface area contributed by atoms with Crippen molar-refractivity contribution in [2.45, 2.75) is 6.92 Å². The molecule has 1 aromatic heterocycles. The smallest absolute Gasteiger partial charge is 0.0702 e. The highest BCUT2D eigenvalue weighted by molar-refractivity contribution is 5.80. The molecule has 1 aromatic carbocycles. The molecule has 0 atom stereocenters. The molecule has 0 aliphatic rings. The summed E-state index contributed by atoms with van der Waals surface area (Å²) in [5, 5.41) is 4.44. The van der Waals surface area contributed by atoms with Crippen LogP contribution in [-0.2, 0) is 0 Å². The van der Waals surface area contributed by atoms with E-state index in [9.17, 15) is 0 Å². The summed E-state index contributed by atoms with van der Waals surface area (Å²) in [4.78, 5) is 4.30. The second-order valence-corrected chi connectivity index (χ2v) is 3.67. The Morgan fingerprint density at radius 1 is 1.31 bits per heavy atom. The highest BCUT2D eigenvalue weighted by atomic mass is 14.8. The Morgan fingerprint density at radius 3 is 3.12 bits per heavy atom. The van der Waals surface area contributed by atoms with E-state index in [0.29, 0.717) is 0 Å². The molecule has 0 saturated carbocycles. The van der Waals surface area contributed by atoms with Gasteiger partial charge in [-0.2, -0.15) is 0 Å². The zero-order valence-corrected chi connectivity index (χ0v) is 9.48. The van der Waals surface area contributed by atoms with Gasteiger partial charge in [0.2, 0.25) is 0 Å². The van der Waals surface area contributed by atoms with Gasteiger partial charge in [-0.1, -0.05) is 31.2 Å². The summed E-state index contributed by atoms with van der Waals surface area (Å²) in [6.45, 7) is 4.03. The summed E-state index contributed by atoms with van der Waals surface area (Å²) in [6, 6.07) is 10.4. The van der Waals surface area contributed by atoms with Gasteiger partial charge in [-0.25, -0.2) is 0 Å². The van der Waals surface area contributed by atoms with Crippen LogP contribution in [0.15, 0.2) is 42.6 Å². The monoisotopic (exact) mass is 212 g/mol. The summed E-state index contributed by atoms with van der Waals surface area (Å²) in [5.74, 6) is 0. The lowest BCUT2D eigenvalue weighted by atomic mass is 10.1. The molecule has 2 aromatic rings. The first-order chi connectivity index (χ1) is 7.90. The summed E-state index contributed by atoms with van der Waals surface area (Å²) >= 11 is 0. The second-order valence-electron chi connectivity index (χ2n) is 3.67. The molecule has 0 bridgehead atoms. The lowest BCUT2D eigenvalue weighted by Gasteiger charge is -1.98. The third-order valence-electron chi connectivity index (χ3n) is 2.45. The molecule has 0 amide bonds. The minimum atomic E-state index is 0.918. The van der Waals surface area contributed by atoms with Gasteiger partial charge in [-0.3, -0.25) is 4.98 Å². The standard InChI is InChI=1S/C14H16N2/c1-2-15-9-3-5-12-7-8-14-13(11-12)6-4-10-16-14/h3-8,10-11,15H,2,9H2,1H3. The van der Waals surface area contributed by atoms with E-state index < -0.39 is 0 Å². The number of aromatic nitrogens is 1. The molecule has 0 aliphatic heterocycles. The lowest BCUT2D eigenvalue weighted by Crippen LogP contribution is -2.11. The van der Waals surface area contributed by atoms with E-state index in [1.165, 1.54) is 10.9 Å². The van der Waals surface area contributed by atoms with Crippen molar-refractivity contribution in [3.05, 3.63) is 48.2 Å². The average molecular weight is 212 g/mol. The van der Waals surface area contributed by atoms with E-state index in [0.717, 1.165) is 18.6 Å². The van der Waals surface area contributed by atoms with Crippen molar-refractivity contribution in [1.82, 2.24) is 10.3 Å². The largest absolute Gasteiger partial charge is 0.314 e. The normalized spacial score (nSPS) is 11.3. The number of pyridine rings is 1. The molecule has 2 nitrogen and oxygen atoms in total. The molecule has 1 heterocycles. The summed E-state index contributed by atoms with van der Waals surface area (Å²) in [6.07, 6.45) is 6.10. The first-order valence-corrected chi connectivity index (χ1v) is 5.62. The quantitative estimate of drug-likeness (QED) is 0.788. The van der Waals surface area contributed by atoms with Crippen LogP contribution in [0.25, 0.3) is 17.0 Å². The number of fused-ring (bicyclic) bond motifs is 1. The average Bonchev–Trinajstić information content (AvgIpc) is 2.34. The first-order valence-electron chi connectivity index (χ1n) is 5.62. The van der Waals surface area contributed by atoms with Gasteiger partial charge in [-0.15, -0.1) is 0 Å². The van der Waals surface area contributed by atoms with Crippen LogP contribution in [0.1, 0.15) is 12.5 Å². The Morgan fingerprint density at radius 2 is 2.25 bits per heavy atom. The topological polar surface area (TPSA) is 24.9 Å². The maximum Gasteiger partial charge on any atom is 0.0702 e. The van der Waals surface area contributed by atoms with E-state index >= 15 is 0 Å². The second kappa shape index (κ2) is 5.42. The van der Waals surface area contributed by atoms with Crippen molar-refractivity contribution in [2.75, 3.05) is 13.1 Å². The van der Waals surface area contributed by atoms with Gasteiger partial charge in [0.25, 0.3) is 0 Å². The molecule has 2 heteroatoms. The molecule has 0 fully saturated rings. The van der Waals surface area contributed by atoms with E-state index in [-0.39, 0.29) is 0 Å². The summed E-state index contributed by atoms with van der Waals surface area (Å²) in [7, 11) is 0. The summed E-state index contributed by atoms with van der Waals surface area (Å²) < 4.78 is 0. The van der Waals surface area contributed by atoms with Gasteiger partial charge in [0.15, 0.2) is 0 Å². The Kier molecular flexibility index (Phi) is 3.67. The van der Waals surface area contributed by atoms with Crippen LogP contribution in [-0.4, -0.2) is 18.1 Å². The highest BCUT2D eigenvalue weighted by Crippen LogP contribution is 2.14. The molecular weight excluding hydrogens is 196 g/mol. The van der Waals surface area contributed by atoms with Crippen molar-refractivity contribution >= 4 is 17.0 Å². The Bertz CT molecular complexity index is 489. The highest BCUT2D eigenvalue weighted by Gasteiger charge is 1.93. The molecule has 2 rings (SSSR count). The summed E-state index contributed by atoms with van der Waals surface area (Å²) in [5.41, 5.74) is 2.27. The fraction of sp³-hybridized carbons (Fsp3) is 0.214. The third-order valence-corrected chi connectivity index (χ3v) is 2.45. The number of benzene rings is 1. The zero-order valence-electron chi connectivity index (χ0n) is 9.48. The number of hydrogen-bond donors (Lipinski definition) is 1. The van der Waals surface area contributed by atoms with Crippen molar-refractivity contribution in [3.63, 3.8) is 0 Å². The lowest BCUT2D eigenvalue weighted by molar-refractivity contribution is 0.801. The molecule has 0 unspecified atom stereocenters. The van der Waals surface area contributed by atoms with Crippen molar-refractivity contribution in [2.24, 2.45) is 0 Å². The van der Waals surface area contributed by atoms with Crippen LogP contribution in [0.2, 0.25) is 0 Å². The van der Waals surface area contributed by atoms with Crippen molar-refractivity contribution < 1.29 is 0 Å². The van der Waals surface area contributed by atoms with Gasteiger partial charge < -0.3 is 5.32 Å². The Balaban J connectivity index is 2.16. The van der Waals surface area contributed by atoms with Gasteiger partial charge >= 0.3 is 0 Å². The van der Waals surface area contributed by atoms with Crippen LogP contribution in [0.5, 0.6) is 0 Å². The fourth-order valence-corrected chi connectivity index (χ4v) is 1.62. The first kappa shape index (κ1) is 10.8. The molecule has 16 heavy (non-hydrogen) atoms. The maximum atomic E-state index is 4.30. The number of nitrogens with zero attached hydrogens (tertiary/aromatic N) is 1. The van der Waals surface area contributed by atoms with Crippen LogP contribution < -0.4 is 5.32 Å². The SMILES string of the molecule is CCNCC=Cc1ccc2ncccc2c1. The molecule has 82 valence electrons. The van der Waals surface area contributed by atoms with Gasteiger partial charge in [-0.05, 0) is 30.3 Å². The number of rotatable bonds is 4. The van der Waals surface area contributed by atoms with Crippen molar-refractivity contribution in [1.29, 1.82) is 0 Å². The number of likely N-dealkylation sites (N-methyl/N-ethyl adjacent to an activating group) is 1. The van der Waals surface area contributed by atoms with Crippen molar-refractivity contribution in [3.8, 4) is 0 Å². The van der Waals surface area contributed by atoms with E-state index in [2.05, 4.69) is 53.6 Å². The number of hydrogen-bond acceptors (Lipinski definition) is 2. The molecule has 0 radical (unpaired) electrons. The Labute approximate surface area is 96.0 Å². The van der Waals surface area contributed by atoms with E-state index in [1.54, 1.807) is 0 Å². The maximum absolute atomic E-state index is 4.30. The van der Waals surface area contributed by atoms with Crippen LogP contribution in [0.4, 0.5) is 0 Å². The van der Waals surface area contributed by atoms with Gasteiger partial charge in [0, 0.05) is 18.1 Å². The van der Waals surface area contributed by atoms with Crippen LogP contribution in [0, 0.1) is 0 Å². The minimum Gasteiger partial charge on any atom is -0.314 e. The van der Waals surface area contributed by atoms with E-state index in [1.807, 2.05) is 12.3 Å². The zero-order chi connectivity index (χ0) is 11.2. The van der Waals surface area contributed by atoms with Gasteiger partial charge in [0.05, 0.1) is 5.52 Å². The third kappa shape index (κ3) is 2.67. The predicted octanol–water partition coefficient (Wildman–Crippen LogP) is 2.86. The molecule has 0 spiro atoms. The Hall–Kier alpha value is -1.67.